The van der Waals surface area contributed by atoms with Gasteiger partial charge in [-0.3, -0.25) is 14.5 Å². The normalized spacial score (nSPS) is 21.1. The molecule has 0 aliphatic carbocycles. The first-order chi connectivity index (χ1) is 15.2. The van der Waals surface area contributed by atoms with Gasteiger partial charge in [0.05, 0.1) is 12.5 Å². The van der Waals surface area contributed by atoms with E-state index in [1.54, 1.807) is 16.7 Å². The number of carbonyl (C=O) groups is 2. The van der Waals surface area contributed by atoms with Crippen LogP contribution in [0.25, 0.3) is 0 Å². The number of amides is 2. The highest BCUT2D eigenvalue weighted by Gasteiger charge is 2.38. The van der Waals surface area contributed by atoms with Gasteiger partial charge in [0.25, 0.3) is 5.91 Å². The Hall–Kier alpha value is -2.51. The molecule has 0 N–H and O–H groups in total. The van der Waals surface area contributed by atoms with E-state index in [0.29, 0.717) is 30.3 Å². The number of hydrogen-bond donors (Lipinski definition) is 0. The fourth-order valence-electron chi connectivity index (χ4n) is 4.53. The van der Waals surface area contributed by atoms with Gasteiger partial charge in [-0.05, 0) is 29.3 Å². The number of thioether (sulfide) groups is 1. The van der Waals surface area contributed by atoms with Crippen molar-refractivity contribution < 1.29 is 14.3 Å². The molecule has 3 aliphatic rings. The summed E-state index contributed by atoms with van der Waals surface area (Å²) in [5.41, 5.74) is 3.25. The third-order valence-electron chi connectivity index (χ3n) is 6.29. The summed E-state index contributed by atoms with van der Waals surface area (Å²) >= 11 is 1.65. The van der Waals surface area contributed by atoms with Crippen molar-refractivity contribution in [2.75, 3.05) is 44.4 Å². The van der Waals surface area contributed by atoms with Crippen LogP contribution in [0.5, 0.6) is 5.75 Å². The standard InChI is InChI=1S/C24H27N3O3S/c28-23(19-4-2-1-3-5-19)27-17-31-16-21(27)24(29)26-11-9-25(10-12-26)15-18-6-7-22-20(14-18)8-13-30-22/h1-7,14,21H,8-13,15-17H2. The molecule has 1 unspecified atom stereocenters. The van der Waals surface area contributed by atoms with Gasteiger partial charge in [-0.2, -0.15) is 0 Å². The lowest BCUT2D eigenvalue weighted by atomic mass is 10.1. The lowest BCUT2D eigenvalue weighted by Crippen LogP contribution is -2.54. The van der Waals surface area contributed by atoms with Crippen LogP contribution in [-0.2, 0) is 17.8 Å². The quantitative estimate of drug-likeness (QED) is 0.736. The number of carbonyl (C=O) groups excluding carboxylic acids is 2. The molecule has 31 heavy (non-hydrogen) atoms. The molecule has 0 spiro atoms. The van der Waals surface area contributed by atoms with Crippen LogP contribution >= 0.6 is 11.8 Å². The second-order valence-electron chi connectivity index (χ2n) is 8.30. The first-order valence-corrected chi connectivity index (χ1v) is 12.0. The van der Waals surface area contributed by atoms with Gasteiger partial charge in [0.1, 0.15) is 11.8 Å². The number of ether oxygens (including phenoxy) is 1. The Morgan fingerprint density at radius 3 is 2.65 bits per heavy atom. The van der Waals surface area contributed by atoms with E-state index in [9.17, 15) is 9.59 Å². The molecule has 162 valence electrons. The summed E-state index contributed by atoms with van der Waals surface area (Å²) in [5, 5.41) is 0. The maximum absolute atomic E-state index is 13.2. The molecule has 5 rings (SSSR count). The van der Waals surface area contributed by atoms with Gasteiger partial charge in [0, 0.05) is 50.5 Å². The monoisotopic (exact) mass is 437 g/mol. The van der Waals surface area contributed by atoms with Crippen LogP contribution in [0.3, 0.4) is 0 Å². The van der Waals surface area contributed by atoms with Gasteiger partial charge < -0.3 is 14.5 Å². The van der Waals surface area contributed by atoms with E-state index in [1.807, 2.05) is 35.2 Å². The van der Waals surface area contributed by atoms with Crippen molar-refractivity contribution in [3.63, 3.8) is 0 Å². The van der Waals surface area contributed by atoms with Crippen molar-refractivity contribution in [3.05, 3.63) is 65.2 Å². The SMILES string of the molecule is O=C(C1CSCN1C(=O)c1ccccc1)N1CCN(Cc2ccc3c(c2)CCO3)CC1. The first-order valence-electron chi connectivity index (χ1n) is 10.9. The Morgan fingerprint density at radius 1 is 1.03 bits per heavy atom. The fourth-order valence-corrected chi connectivity index (χ4v) is 5.67. The van der Waals surface area contributed by atoms with Crippen LogP contribution in [0.15, 0.2) is 48.5 Å². The molecule has 1 atom stereocenters. The van der Waals surface area contributed by atoms with Crippen molar-refractivity contribution in [3.8, 4) is 5.75 Å². The van der Waals surface area contributed by atoms with Gasteiger partial charge in [-0.15, -0.1) is 11.8 Å². The molecular formula is C24H27N3O3S. The fraction of sp³-hybridized carbons (Fsp3) is 0.417. The predicted molar refractivity (Wildman–Crippen MR) is 121 cm³/mol. The minimum Gasteiger partial charge on any atom is -0.493 e. The average molecular weight is 438 g/mol. The minimum absolute atomic E-state index is 0.0526. The van der Waals surface area contributed by atoms with Crippen LogP contribution in [-0.4, -0.2) is 77.0 Å². The van der Waals surface area contributed by atoms with Crippen LogP contribution in [0, 0.1) is 0 Å². The molecule has 2 saturated heterocycles. The number of fused-ring (bicyclic) bond motifs is 1. The maximum Gasteiger partial charge on any atom is 0.255 e. The highest BCUT2D eigenvalue weighted by atomic mass is 32.2. The molecule has 2 aromatic carbocycles. The minimum atomic E-state index is -0.360. The van der Waals surface area contributed by atoms with Gasteiger partial charge in [-0.1, -0.05) is 30.3 Å². The summed E-state index contributed by atoms with van der Waals surface area (Å²) in [6.07, 6.45) is 0.989. The zero-order valence-corrected chi connectivity index (χ0v) is 18.4. The maximum atomic E-state index is 13.2. The molecule has 3 aliphatic heterocycles. The lowest BCUT2D eigenvalue weighted by Gasteiger charge is -2.37. The Morgan fingerprint density at radius 2 is 1.84 bits per heavy atom. The second kappa shape index (κ2) is 8.93. The molecule has 7 heteroatoms. The van der Waals surface area contributed by atoms with E-state index in [2.05, 4.69) is 23.1 Å². The van der Waals surface area contributed by atoms with E-state index < -0.39 is 0 Å². The summed E-state index contributed by atoms with van der Waals surface area (Å²) in [4.78, 5) is 32.2. The third-order valence-corrected chi connectivity index (χ3v) is 7.31. The van der Waals surface area contributed by atoms with E-state index in [4.69, 9.17) is 4.74 Å². The van der Waals surface area contributed by atoms with Crippen molar-refractivity contribution >= 4 is 23.6 Å². The summed E-state index contributed by atoms with van der Waals surface area (Å²) in [6, 6.07) is 15.4. The van der Waals surface area contributed by atoms with Gasteiger partial charge >= 0.3 is 0 Å². The van der Waals surface area contributed by atoms with Crippen molar-refractivity contribution in [1.82, 2.24) is 14.7 Å². The topological polar surface area (TPSA) is 53.1 Å². The molecule has 2 fully saturated rings. The Bertz CT molecular complexity index is 960. The van der Waals surface area contributed by atoms with Gasteiger partial charge in [0.2, 0.25) is 5.91 Å². The highest BCUT2D eigenvalue weighted by molar-refractivity contribution is 7.99. The number of nitrogens with zero attached hydrogens (tertiary/aromatic N) is 3. The summed E-state index contributed by atoms with van der Waals surface area (Å²) in [6.45, 7) is 4.80. The molecule has 2 aromatic rings. The first kappa shape index (κ1) is 20.4. The molecule has 3 heterocycles. The molecular weight excluding hydrogens is 410 g/mol. The van der Waals surface area contributed by atoms with E-state index in [-0.39, 0.29) is 17.9 Å². The molecule has 0 radical (unpaired) electrons. The number of rotatable bonds is 4. The van der Waals surface area contributed by atoms with Gasteiger partial charge in [0.15, 0.2) is 0 Å². The van der Waals surface area contributed by atoms with Crippen LogP contribution in [0.4, 0.5) is 0 Å². The van der Waals surface area contributed by atoms with Crippen LogP contribution in [0.2, 0.25) is 0 Å². The summed E-state index contributed by atoms with van der Waals surface area (Å²) < 4.78 is 5.60. The molecule has 6 nitrogen and oxygen atoms in total. The number of benzene rings is 2. The lowest BCUT2D eigenvalue weighted by molar-refractivity contribution is -0.136. The van der Waals surface area contributed by atoms with Crippen LogP contribution < -0.4 is 4.74 Å². The van der Waals surface area contributed by atoms with Gasteiger partial charge in [-0.25, -0.2) is 0 Å². The predicted octanol–water partition coefficient (Wildman–Crippen LogP) is 2.48. The Kier molecular flexibility index (Phi) is 5.87. The smallest absolute Gasteiger partial charge is 0.255 e. The van der Waals surface area contributed by atoms with E-state index in [1.165, 1.54) is 11.1 Å². The number of piperazine rings is 1. The number of hydrogen-bond acceptors (Lipinski definition) is 5. The third kappa shape index (κ3) is 4.29. The molecule has 0 bridgehead atoms. The van der Waals surface area contributed by atoms with Crippen molar-refractivity contribution in [1.29, 1.82) is 0 Å². The zero-order valence-electron chi connectivity index (χ0n) is 17.5. The molecule has 0 saturated carbocycles. The Labute approximate surface area is 187 Å². The molecule has 0 aromatic heterocycles. The zero-order chi connectivity index (χ0) is 21.2. The van der Waals surface area contributed by atoms with E-state index >= 15 is 0 Å². The summed E-state index contributed by atoms with van der Waals surface area (Å²) in [7, 11) is 0. The van der Waals surface area contributed by atoms with Crippen molar-refractivity contribution in [2.45, 2.75) is 19.0 Å². The highest BCUT2D eigenvalue weighted by Crippen LogP contribution is 2.27. The van der Waals surface area contributed by atoms with Crippen molar-refractivity contribution in [2.24, 2.45) is 0 Å². The second-order valence-corrected chi connectivity index (χ2v) is 9.30. The average Bonchev–Trinajstić information content (AvgIpc) is 3.48. The molecule has 2 amide bonds. The van der Waals surface area contributed by atoms with Crippen LogP contribution in [0.1, 0.15) is 21.5 Å². The summed E-state index contributed by atoms with van der Waals surface area (Å²) in [5.74, 6) is 2.30. The Balaban J connectivity index is 1.17. The van der Waals surface area contributed by atoms with E-state index in [0.717, 1.165) is 38.4 Å². The largest absolute Gasteiger partial charge is 0.493 e.